The molecule has 4 rings (SSSR count). The molecule has 1 aliphatic rings. The number of nitrogens with zero attached hydrogens (tertiary/aromatic N) is 2. The summed E-state index contributed by atoms with van der Waals surface area (Å²) in [5, 5.41) is 10.5. The normalized spacial score (nSPS) is 16.6. The molecule has 0 bridgehead atoms. The van der Waals surface area contributed by atoms with Gasteiger partial charge in [0.2, 0.25) is 0 Å². The quantitative estimate of drug-likeness (QED) is 0.670. The van der Waals surface area contributed by atoms with Crippen LogP contribution in [0.5, 0.6) is 5.75 Å². The fourth-order valence-electron chi connectivity index (χ4n) is 4.22. The first-order valence-corrected chi connectivity index (χ1v) is 10.2. The van der Waals surface area contributed by atoms with E-state index in [1.165, 1.54) is 0 Å². The lowest BCUT2D eigenvalue weighted by atomic mass is 9.91. The molecule has 150 valence electrons. The molecule has 0 amide bonds. The summed E-state index contributed by atoms with van der Waals surface area (Å²) in [7, 11) is 0. The molecule has 1 N–H and O–H groups in total. The number of rotatable bonds is 6. The lowest BCUT2D eigenvalue weighted by Gasteiger charge is -2.37. The maximum atomic E-state index is 11.4. The molecule has 5 heteroatoms. The number of piperidine rings is 1. The van der Waals surface area contributed by atoms with E-state index in [4.69, 9.17) is 4.74 Å². The standard InChI is InChI=1S/C24H26N2O3/c1-2-29-22-10-6-4-8-20(22)23(26-13-11-17(12-14-26)24(27)28)19-15-18-7-3-5-9-21(18)25-16-19/h3-10,15-17,23H,2,11-14H2,1H3,(H,27,28). The van der Waals surface area contributed by atoms with Gasteiger partial charge in [-0.15, -0.1) is 0 Å². The molecule has 1 aliphatic heterocycles. The second-order valence-electron chi connectivity index (χ2n) is 7.48. The van der Waals surface area contributed by atoms with Crippen molar-refractivity contribution in [2.24, 2.45) is 5.92 Å². The zero-order valence-electron chi connectivity index (χ0n) is 16.6. The van der Waals surface area contributed by atoms with Crippen LogP contribution in [0.3, 0.4) is 0 Å². The van der Waals surface area contributed by atoms with Crippen molar-refractivity contribution in [3.8, 4) is 5.75 Å². The van der Waals surface area contributed by atoms with E-state index in [9.17, 15) is 9.90 Å². The number of aromatic nitrogens is 1. The molecule has 0 spiro atoms. The monoisotopic (exact) mass is 390 g/mol. The minimum absolute atomic E-state index is 0.0235. The van der Waals surface area contributed by atoms with Crippen LogP contribution in [0.4, 0.5) is 0 Å². The van der Waals surface area contributed by atoms with Crippen molar-refractivity contribution in [2.75, 3.05) is 19.7 Å². The fourth-order valence-corrected chi connectivity index (χ4v) is 4.22. The number of para-hydroxylation sites is 2. The van der Waals surface area contributed by atoms with Crippen LogP contribution in [0.25, 0.3) is 10.9 Å². The van der Waals surface area contributed by atoms with Crippen LogP contribution >= 0.6 is 0 Å². The van der Waals surface area contributed by atoms with Crippen molar-refractivity contribution in [1.29, 1.82) is 0 Å². The van der Waals surface area contributed by atoms with Crippen molar-refractivity contribution in [3.05, 3.63) is 71.9 Å². The zero-order valence-corrected chi connectivity index (χ0v) is 16.6. The van der Waals surface area contributed by atoms with Gasteiger partial charge in [-0.1, -0.05) is 36.4 Å². The van der Waals surface area contributed by atoms with Gasteiger partial charge in [-0.2, -0.15) is 0 Å². The van der Waals surface area contributed by atoms with Crippen molar-refractivity contribution >= 4 is 16.9 Å². The number of hydrogen-bond acceptors (Lipinski definition) is 4. The van der Waals surface area contributed by atoms with Gasteiger partial charge in [0.05, 0.1) is 24.1 Å². The number of carbonyl (C=O) groups is 1. The van der Waals surface area contributed by atoms with Crippen LogP contribution in [-0.4, -0.2) is 40.7 Å². The molecule has 5 nitrogen and oxygen atoms in total. The topological polar surface area (TPSA) is 62.7 Å². The Hall–Kier alpha value is -2.92. The van der Waals surface area contributed by atoms with Crippen molar-refractivity contribution < 1.29 is 14.6 Å². The van der Waals surface area contributed by atoms with Gasteiger partial charge < -0.3 is 9.84 Å². The number of benzene rings is 2. The van der Waals surface area contributed by atoms with E-state index in [0.717, 1.165) is 40.9 Å². The fraction of sp³-hybridized carbons (Fsp3) is 0.333. The third-order valence-corrected chi connectivity index (χ3v) is 5.68. The largest absolute Gasteiger partial charge is 0.494 e. The number of carboxylic acids is 1. The summed E-state index contributed by atoms with van der Waals surface area (Å²) < 4.78 is 5.94. The number of carboxylic acid groups (broad SMARTS) is 1. The number of likely N-dealkylation sites (tertiary alicyclic amines) is 1. The third-order valence-electron chi connectivity index (χ3n) is 5.68. The summed E-state index contributed by atoms with van der Waals surface area (Å²) >= 11 is 0. The molecule has 29 heavy (non-hydrogen) atoms. The van der Waals surface area contributed by atoms with Crippen molar-refractivity contribution in [3.63, 3.8) is 0 Å². The molecule has 1 atom stereocenters. The number of hydrogen-bond donors (Lipinski definition) is 1. The van der Waals surface area contributed by atoms with E-state index < -0.39 is 5.97 Å². The highest BCUT2D eigenvalue weighted by atomic mass is 16.5. The van der Waals surface area contributed by atoms with Gasteiger partial charge >= 0.3 is 5.97 Å². The van der Waals surface area contributed by atoms with Gasteiger partial charge in [-0.3, -0.25) is 14.7 Å². The average Bonchev–Trinajstić information content (AvgIpc) is 2.75. The summed E-state index contributed by atoms with van der Waals surface area (Å²) in [6.07, 6.45) is 3.26. The molecule has 0 radical (unpaired) electrons. The molecular formula is C24H26N2O3. The van der Waals surface area contributed by atoms with E-state index in [0.29, 0.717) is 19.4 Å². The molecular weight excluding hydrogens is 364 g/mol. The molecule has 2 heterocycles. The Morgan fingerprint density at radius 3 is 2.66 bits per heavy atom. The summed E-state index contributed by atoms with van der Waals surface area (Å²) in [4.78, 5) is 18.5. The molecule has 1 fully saturated rings. The number of aliphatic carboxylic acids is 1. The first kappa shape index (κ1) is 19.4. The van der Waals surface area contributed by atoms with Crippen LogP contribution in [0.15, 0.2) is 60.8 Å². The Morgan fingerprint density at radius 2 is 1.90 bits per heavy atom. The van der Waals surface area contributed by atoms with Crippen molar-refractivity contribution in [1.82, 2.24) is 9.88 Å². The van der Waals surface area contributed by atoms with E-state index in [1.54, 1.807) is 0 Å². The van der Waals surface area contributed by atoms with Gasteiger partial charge in [0.1, 0.15) is 5.75 Å². The Balaban J connectivity index is 1.76. The maximum Gasteiger partial charge on any atom is 0.306 e. The summed E-state index contributed by atoms with van der Waals surface area (Å²) in [5.74, 6) is -0.0828. The predicted octanol–water partition coefficient (Wildman–Crippen LogP) is 4.52. The Bertz CT molecular complexity index is 996. The summed E-state index contributed by atoms with van der Waals surface area (Å²) in [5.41, 5.74) is 3.17. The van der Waals surface area contributed by atoms with Crippen LogP contribution in [-0.2, 0) is 4.79 Å². The molecule has 1 unspecified atom stereocenters. The van der Waals surface area contributed by atoms with Gasteiger partial charge in [0, 0.05) is 17.1 Å². The lowest BCUT2D eigenvalue weighted by molar-refractivity contribution is -0.143. The van der Waals surface area contributed by atoms with Crippen LogP contribution < -0.4 is 4.74 Å². The highest BCUT2D eigenvalue weighted by molar-refractivity contribution is 5.79. The highest BCUT2D eigenvalue weighted by Crippen LogP contribution is 2.37. The van der Waals surface area contributed by atoms with Crippen LogP contribution in [0.1, 0.15) is 36.9 Å². The first-order valence-electron chi connectivity index (χ1n) is 10.2. The highest BCUT2D eigenvalue weighted by Gasteiger charge is 2.31. The minimum atomic E-state index is -0.691. The zero-order chi connectivity index (χ0) is 20.2. The number of ether oxygens (including phenoxy) is 1. The van der Waals surface area contributed by atoms with Gasteiger partial charge in [0.25, 0.3) is 0 Å². The SMILES string of the molecule is CCOc1ccccc1C(c1cnc2ccccc2c1)N1CCC(C(=O)O)CC1. The van der Waals surface area contributed by atoms with Crippen molar-refractivity contribution in [2.45, 2.75) is 25.8 Å². The van der Waals surface area contributed by atoms with Gasteiger partial charge in [0.15, 0.2) is 0 Å². The molecule has 1 saturated heterocycles. The second kappa shape index (κ2) is 8.62. The summed E-state index contributed by atoms with van der Waals surface area (Å²) in [6, 6.07) is 18.4. The number of fused-ring (bicyclic) bond motifs is 1. The van der Waals surface area contributed by atoms with E-state index >= 15 is 0 Å². The maximum absolute atomic E-state index is 11.4. The minimum Gasteiger partial charge on any atom is -0.494 e. The molecule has 3 aromatic rings. The number of pyridine rings is 1. The molecule has 0 aliphatic carbocycles. The second-order valence-corrected chi connectivity index (χ2v) is 7.48. The Labute approximate surface area is 170 Å². The Kier molecular flexibility index (Phi) is 5.76. The van der Waals surface area contributed by atoms with Crippen LogP contribution in [0.2, 0.25) is 0 Å². The van der Waals surface area contributed by atoms with Crippen LogP contribution in [0, 0.1) is 5.92 Å². The van der Waals surface area contributed by atoms with Gasteiger partial charge in [-0.25, -0.2) is 0 Å². The third kappa shape index (κ3) is 4.10. The van der Waals surface area contributed by atoms with Gasteiger partial charge in [-0.05, 0) is 56.6 Å². The lowest BCUT2D eigenvalue weighted by Crippen LogP contribution is -2.39. The van der Waals surface area contributed by atoms with E-state index in [1.807, 2.05) is 49.5 Å². The predicted molar refractivity (Wildman–Crippen MR) is 113 cm³/mol. The first-order chi connectivity index (χ1) is 14.2. The molecule has 2 aromatic carbocycles. The Morgan fingerprint density at radius 1 is 1.17 bits per heavy atom. The van der Waals surface area contributed by atoms with E-state index in [2.05, 4.69) is 28.1 Å². The summed E-state index contributed by atoms with van der Waals surface area (Å²) in [6.45, 7) is 4.05. The molecule has 1 aromatic heterocycles. The average molecular weight is 390 g/mol. The van der Waals surface area contributed by atoms with E-state index in [-0.39, 0.29) is 12.0 Å². The molecule has 0 saturated carbocycles. The smallest absolute Gasteiger partial charge is 0.306 e.